The fourth-order valence-electron chi connectivity index (χ4n) is 1.15. The summed E-state index contributed by atoms with van der Waals surface area (Å²) in [4.78, 5) is 11.8. The monoisotopic (exact) mass is 239 g/mol. The van der Waals surface area contributed by atoms with E-state index >= 15 is 0 Å². The number of anilines is 1. The zero-order chi connectivity index (χ0) is 12.3. The molecule has 0 heterocycles. The topological polar surface area (TPSA) is 63.3 Å². The average molecular weight is 239 g/mol. The molecule has 3 N–H and O–H groups in total. The highest BCUT2D eigenvalue weighted by Crippen LogP contribution is 2.31. The lowest BCUT2D eigenvalue weighted by Gasteiger charge is -2.16. The number of nitrogen functional groups attached to an aromatic ring is 1. The maximum atomic E-state index is 11.0. The van der Waals surface area contributed by atoms with Crippen molar-refractivity contribution in [1.29, 1.82) is 0 Å². The van der Waals surface area contributed by atoms with Crippen molar-refractivity contribution in [2.24, 2.45) is 5.92 Å². The van der Waals surface area contributed by atoms with Crippen LogP contribution in [0.15, 0.2) is 23.1 Å². The summed E-state index contributed by atoms with van der Waals surface area (Å²) in [5.74, 6) is -0.411. The molecule has 1 unspecified atom stereocenters. The first-order valence-corrected chi connectivity index (χ1v) is 6.09. The Morgan fingerprint density at radius 2 is 2.00 bits per heavy atom. The summed E-state index contributed by atoms with van der Waals surface area (Å²) in [6.45, 7) is 6.32. The fraction of sp³-hybridized carbons (Fsp3) is 0.417. The fourth-order valence-corrected chi connectivity index (χ4v) is 2.31. The van der Waals surface area contributed by atoms with E-state index in [9.17, 15) is 4.79 Å². The molecule has 16 heavy (non-hydrogen) atoms. The minimum atomic E-state index is -0.904. The number of hydrogen-bond acceptors (Lipinski definition) is 3. The summed E-state index contributed by atoms with van der Waals surface area (Å²) in [5.41, 5.74) is 6.60. The van der Waals surface area contributed by atoms with Gasteiger partial charge in [0.15, 0.2) is 0 Å². The quantitative estimate of drug-likeness (QED) is 0.626. The Morgan fingerprint density at radius 3 is 2.50 bits per heavy atom. The third kappa shape index (κ3) is 3.17. The predicted octanol–water partition coefficient (Wildman–Crippen LogP) is 3.10. The zero-order valence-corrected chi connectivity index (χ0v) is 10.5. The summed E-state index contributed by atoms with van der Waals surface area (Å²) in [7, 11) is 0. The molecule has 0 saturated carbocycles. The highest BCUT2D eigenvalue weighted by Gasteiger charge is 2.15. The van der Waals surface area contributed by atoms with E-state index in [0.29, 0.717) is 22.4 Å². The lowest BCUT2D eigenvalue weighted by molar-refractivity contribution is 0.0693. The second-order valence-corrected chi connectivity index (χ2v) is 5.55. The second kappa shape index (κ2) is 5.25. The van der Waals surface area contributed by atoms with Crippen LogP contribution in [0.25, 0.3) is 0 Å². The van der Waals surface area contributed by atoms with E-state index in [1.165, 1.54) is 0 Å². The van der Waals surface area contributed by atoms with Crippen LogP contribution in [-0.4, -0.2) is 16.3 Å². The van der Waals surface area contributed by atoms with Crippen LogP contribution >= 0.6 is 11.8 Å². The third-order valence-corrected chi connectivity index (χ3v) is 4.00. The van der Waals surface area contributed by atoms with Gasteiger partial charge in [-0.25, -0.2) is 4.79 Å². The molecule has 1 atom stereocenters. The molecule has 0 aliphatic carbocycles. The summed E-state index contributed by atoms with van der Waals surface area (Å²) in [6.07, 6.45) is 0. The summed E-state index contributed by atoms with van der Waals surface area (Å²) < 4.78 is 0. The van der Waals surface area contributed by atoms with Crippen molar-refractivity contribution in [3.05, 3.63) is 23.8 Å². The molecule has 0 aromatic heterocycles. The van der Waals surface area contributed by atoms with Crippen LogP contribution in [0, 0.1) is 5.92 Å². The van der Waals surface area contributed by atoms with E-state index in [4.69, 9.17) is 10.8 Å². The molecule has 4 heteroatoms. The van der Waals surface area contributed by atoms with Crippen LogP contribution in [0.3, 0.4) is 0 Å². The minimum Gasteiger partial charge on any atom is -0.478 e. The smallest absolute Gasteiger partial charge is 0.336 e. The third-order valence-electron chi connectivity index (χ3n) is 2.49. The molecule has 0 amide bonds. The minimum absolute atomic E-state index is 0.326. The van der Waals surface area contributed by atoms with Crippen LogP contribution in [0.1, 0.15) is 31.1 Å². The van der Waals surface area contributed by atoms with E-state index < -0.39 is 5.97 Å². The SMILES string of the molecule is CC(C)C(C)Sc1cc(N)ccc1C(=O)O. The molecule has 0 radical (unpaired) electrons. The first-order valence-electron chi connectivity index (χ1n) is 5.21. The summed E-state index contributed by atoms with van der Waals surface area (Å²) in [6, 6.07) is 4.91. The molecule has 0 aliphatic heterocycles. The molecule has 0 aliphatic rings. The van der Waals surface area contributed by atoms with Crippen LogP contribution in [0.5, 0.6) is 0 Å². The van der Waals surface area contributed by atoms with E-state index in [-0.39, 0.29) is 0 Å². The molecule has 1 aromatic rings. The van der Waals surface area contributed by atoms with Crippen LogP contribution in [0.4, 0.5) is 5.69 Å². The molecule has 3 nitrogen and oxygen atoms in total. The predicted molar refractivity (Wildman–Crippen MR) is 68.0 cm³/mol. The van der Waals surface area contributed by atoms with Gasteiger partial charge in [0, 0.05) is 15.8 Å². The molecule has 1 rings (SSSR count). The highest BCUT2D eigenvalue weighted by atomic mass is 32.2. The number of benzene rings is 1. The van der Waals surface area contributed by atoms with Gasteiger partial charge < -0.3 is 10.8 Å². The molecule has 0 fully saturated rings. The van der Waals surface area contributed by atoms with Gasteiger partial charge in [-0.3, -0.25) is 0 Å². The standard InChI is InChI=1S/C12H17NO2S/c1-7(2)8(3)16-11-6-9(13)4-5-10(11)12(14)15/h4-8H,13H2,1-3H3,(H,14,15). The Hall–Kier alpha value is -1.16. The first kappa shape index (κ1) is 12.9. The number of hydrogen-bond donors (Lipinski definition) is 2. The van der Waals surface area contributed by atoms with Crippen molar-refractivity contribution in [3.8, 4) is 0 Å². The van der Waals surface area contributed by atoms with Crippen molar-refractivity contribution in [2.45, 2.75) is 30.9 Å². The molecular formula is C12H17NO2S. The molecule has 1 aromatic carbocycles. The van der Waals surface area contributed by atoms with Crippen molar-refractivity contribution in [2.75, 3.05) is 5.73 Å². The van der Waals surface area contributed by atoms with Crippen LogP contribution < -0.4 is 5.73 Å². The van der Waals surface area contributed by atoms with E-state index in [1.807, 2.05) is 0 Å². The van der Waals surface area contributed by atoms with E-state index in [0.717, 1.165) is 4.90 Å². The molecule has 0 spiro atoms. The van der Waals surface area contributed by atoms with Gasteiger partial charge in [-0.1, -0.05) is 20.8 Å². The molecule has 0 saturated heterocycles. The number of carboxylic acid groups (broad SMARTS) is 1. The lowest BCUT2D eigenvalue weighted by atomic mass is 10.2. The van der Waals surface area contributed by atoms with Gasteiger partial charge in [-0.15, -0.1) is 11.8 Å². The Morgan fingerprint density at radius 1 is 1.38 bits per heavy atom. The van der Waals surface area contributed by atoms with Gasteiger partial charge >= 0.3 is 5.97 Å². The highest BCUT2D eigenvalue weighted by molar-refractivity contribution is 8.00. The first-order chi connectivity index (χ1) is 7.41. The van der Waals surface area contributed by atoms with Gasteiger partial charge in [0.05, 0.1) is 5.56 Å². The van der Waals surface area contributed by atoms with Gasteiger partial charge in [0.1, 0.15) is 0 Å². The Labute approximate surface area is 100 Å². The maximum absolute atomic E-state index is 11.0. The van der Waals surface area contributed by atoms with Crippen molar-refractivity contribution >= 4 is 23.4 Å². The van der Waals surface area contributed by atoms with Crippen molar-refractivity contribution < 1.29 is 9.90 Å². The van der Waals surface area contributed by atoms with E-state index in [2.05, 4.69) is 20.8 Å². The Bertz CT molecular complexity index is 391. The Balaban J connectivity index is 3.01. The van der Waals surface area contributed by atoms with Gasteiger partial charge in [-0.05, 0) is 24.1 Å². The van der Waals surface area contributed by atoms with Crippen molar-refractivity contribution in [1.82, 2.24) is 0 Å². The number of carbonyl (C=O) groups is 1. The number of carboxylic acids is 1. The largest absolute Gasteiger partial charge is 0.478 e. The van der Waals surface area contributed by atoms with Crippen LogP contribution in [0.2, 0.25) is 0 Å². The molecule has 0 bridgehead atoms. The van der Waals surface area contributed by atoms with Gasteiger partial charge in [-0.2, -0.15) is 0 Å². The van der Waals surface area contributed by atoms with Gasteiger partial charge in [0.25, 0.3) is 0 Å². The maximum Gasteiger partial charge on any atom is 0.336 e. The average Bonchev–Trinajstić information content (AvgIpc) is 2.16. The summed E-state index contributed by atoms with van der Waals surface area (Å²) in [5, 5.41) is 9.41. The van der Waals surface area contributed by atoms with Crippen LogP contribution in [-0.2, 0) is 0 Å². The second-order valence-electron chi connectivity index (χ2n) is 4.13. The normalized spacial score (nSPS) is 12.8. The molecular weight excluding hydrogens is 222 g/mol. The number of nitrogens with two attached hydrogens (primary N) is 1. The zero-order valence-electron chi connectivity index (χ0n) is 9.73. The number of thioether (sulfide) groups is 1. The van der Waals surface area contributed by atoms with Crippen molar-refractivity contribution in [3.63, 3.8) is 0 Å². The van der Waals surface area contributed by atoms with Gasteiger partial charge in [0.2, 0.25) is 0 Å². The lowest BCUT2D eigenvalue weighted by Crippen LogP contribution is -2.08. The summed E-state index contributed by atoms with van der Waals surface area (Å²) >= 11 is 1.56. The number of aromatic carboxylic acids is 1. The number of rotatable bonds is 4. The molecule has 88 valence electrons. The van der Waals surface area contributed by atoms with E-state index in [1.54, 1.807) is 30.0 Å². The Kier molecular flexibility index (Phi) is 4.24.